The van der Waals surface area contributed by atoms with Gasteiger partial charge >= 0.3 is 0 Å². The molecule has 0 saturated carbocycles. The lowest BCUT2D eigenvalue weighted by atomic mass is 10.0. The van der Waals surface area contributed by atoms with Crippen LogP contribution in [0.4, 0.5) is 0 Å². The Bertz CT molecular complexity index is 4770. The molecule has 0 radical (unpaired) electrons. The molecule has 4 rings (SSSR count). The van der Waals surface area contributed by atoms with Crippen molar-refractivity contribution in [2.45, 2.75) is 204 Å². The first-order valence-corrected chi connectivity index (χ1v) is 43.9. The van der Waals surface area contributed by atoms with E-state index in [2.05, 4.69) is 127 Å². The van der Waals surface area contributed by atoms with E-state index in [0.717, 1.165) is 16.5 Å². The number of aromatic amines is 2. The number of carbonyl (C=O) groups is 18. The number of amides is 18. The van der Waals surface area contributed by atoms with Crippen LogP contribution in [0.15, 0.2) is 73.3 Å². The Kier molecular flexibility index (Phi) is 49.2. The van der Waals surface area contributed by atoms with Crippen LogP contribution in [0.1, 0.15) is 123 Å². The number of nitrogens with one attached hydrogen (secondary N) is 27. The number of H-pyrrole nitrogens is 2. The molecular weight excluding hydrogens is 1780 g/mol. The third-order valence-corrected chi connectivity index (χ3v) is 20.3. The predicted molar refractivity (Wildman–Crippen MR) is 495 cm³/mol. The van der Waals surface area contributed by atoms with Gasteiger partial charge in [-0.2, -0.15) is 0 Å². The maximum absolute atomic E-state index is 14.7. The molecule has 53 nitrogen and oxygen atoms in total. The van der Waals surface area contributed by atoms with Crippen LogP contribution >= 0.6 is 0 Å². The van der Waals surface area contributed by atoms with Gasteiger partial charge in [-0.3, -0.25) is 108 Å². The molecule has 748 valence electrons. The number of hydrogen-bond acceptors (Lipinski definition) is 25. The van der Waals surface area contributed by atoms with Crippen molar-refractivity contribution in [3.05, 3.63) is 90.1 Å². The molecule has 0 aliphatic heterocycles. The molecule has 0 aliphatic rings. The molecule has 0 aliphatic carbocycles. The van der Waals surface area contributed by atoms with E-state index in [-0.39, 0.29) is 121 Å². The van der Waals surface area contributed by atoms with Crippen LogP contribution in [0.2, 0.25) is 0 Å². The summed E-state index contributed by atoms with van der Waals surface area (Å²) in [6.07, 6.45) is 4.09. The molecule has 13 atom stereocenters. The van der Waals surface area contributed by atoms with E-state index in [4.69, 9.17) is 56.0 Å². The molecule has 0 spiro atoms. The second kappa shape index (κ2) is 59.2. The fourth-order valence-electron chi connectivity index (χ4n) is 13.1. The quantitative estimate of drug-likeness (QED) is 0.0111. The van der Waals surface area contributed by atoms with E-state index in [1.807, 2.05) is 24.3 Å². The Balaban J connectivity index is 1.42. The normalized spacial score (nSPS) is 13.8. The Morgan fingerprint density at radius 3 is 1.24 bits per heavy atom. The lowest BCUT2D eigenvalue weighted by molar-refractivity contribution is -0.136. The molecular formula is C83H132N34O19. The lowest BCUT2D eigenvalue weighted by Crippen LogP contribution is -2.60. The summed E-state index contributed by atoms with van der Waals surface area (Å²) in [6, 6.07) is -2.90. The maximum Gasteiger partial charge on any atom is 0.245 e. The Hall–Kier alpha value is -15.3. The van der Waals surface area contributed by atoms with E-state index in [9.17, 15) is 91.4 Å². The van der Waals surface area contributed by atoms with Crippen LogP contribution in [0.5, 0.6) is 0 Å². The van der Waals surface area contributed by atoms with Crippen molar-refractivity contribution in [1.29, 1.82) is 21.6 Å². The molecule has 40 N–H and O–H groups in total. The SMILES string of the molecule is CC(C)C[C@H](NC(=O)[C@H](CCCNC(=N)N)NC(=O)[C@H](Cc1cnc[nH]1)NC(=O)[C@@H](NC(=O)CNC(=O)[C@H](C)NC(=O)[C@H](CO)NC(=O)[C@H](Cc1ccccc1)NC(=O)[C@H](C)NC(=O)[C@H](CCCNC(=N)N)NC(=O)CNC(=O)[C@@H](N)Cc1c[nH]c2ccccc12)C(C)C)C(=O)N[C@@H](C)C(=O)N[C@@H](CCCNC(=N)N)C(=O)NCC(=O)NCC(=O)N[C@@H](CCCNC(=N)N)C(=O)NCC(N)=O. The first-order chi connectivity index (χ1) is 64.3. The van der Waals surface area contributed by atoms with Crippen molar-refractivity contribution in [3.8, 4) is 0 Å². The second-order valence-corrected chi connectivity index (χ2v) is 32.6. The number of imidazole rings is 1. The summed E-state index contributed by atoms with van der Waals surface area (Å²) in [6.45, 7) is 6.15. The maximum atomic E-state index is 14.7. The zero-order valence-electron chi connectivity index (χ0n) is 76.9. The molecule has 0 unspecified atom stereocenters. The van der Waals surface area contributed by atoms with E-state index in [1.54, 1.807) is 64.2 Å². The van der Waals surface area contributed by atoms with Crippen LogP contribution in [-0.2, 0) is 106 Å². The van der Waals surface area contributed by atoms with Crippen molar-refractivity contribution >= 4 is 141 Å². The summed E-state index contributed by atoms with van der Waals surface area (Å²) in [5, 5.41) is 93.6. The lowest BCUT2D eigenvalue weighted by Gasteiger charge is -2.28. The smallest absolute Gasteiger partial charge is 0.245 e. The third kappa shape index (κ3) is 43.3. The number of rotatable bonds is 61. The van der Waals surface area contributed by atoms with E-state index in [0.29, 0.717) is 11.3 Å². The minimum Gasteiger partial charge on any atom is -0.394 e. The highest BCUT2D eigenvalue weighted by Gasteiger charge is 2.37. The van der Waals surface area contributed by atoms with Gasteiger partial charge in [-0.05, 0) is 114 Å². The number of nitrogens with zero attached hydrogens (tertiary/aromatic N) is 1. The topological polar surface area (TPSA) is 876 Å². The van der Waals surface area contributed by atoms with Gasteiger partial charge in [0.2, 0.25) is 106 Å². The van der Waals surface area contributed by atoms with Gasteiger partial charge in [0, 0.05) is 68.0 Å². The summed E-state index contributed by atoms with van der Waals surface area (Å²) in [7, 11) is 0. The number of nitrogens with two attached hydrogens (primary N) is 6. The van der Waals surface area contributed by atoms with Gasteiger partial charge in [-0.25, -0.2) is 4.98 Å². The summed E-state index contributed by atoms with van der Waals surface area (Å²) in [4.78, 5) is 255. The number of aromatic nitrogens is 3. The van der Waals surface area contributed by atoms with Crippen LogP contribution in [-0.4, -0.2) is 294 Å². The number of aliphatic hydroxyl groups is 1. The highest BCUT2D eigenvalue weighted by Crippen LogP contribution is 2.20. The minimum absolute atomic E-state index is 0.00150. The monoisotopic (exact) mass is 1910 g/mol. The molecule has 0 bridgehead atoms. The fourth-order valence-corrected chi connectivity index (χ4v) is 13.1. The minimum atomic E-state index is -1.78. The highest BCUT2D eigenvalue weighted by molar-refractivity contribution is 6.01. The van der Waals surface area contributed by atoms with Crippen molar-refractivity contribution in [2.24, 2.45) is 46.2 Å². The van der Waals surface area contributed by atoms with Gasteiger partial charge < -0.3 is 161 Å². The number of fused-ring (bicyclic) bond motifs is 1. The molecule has 2 aromatic heterocycles. The summed E-state index contributed by atoms with van der Waals surface area (Å²) >= 11 is 0. The predicted octanol–water partition coefficient (Wildman–Crippen LogP) is -11.1. The zero-order valence-corrected chi connectivity index (χ0v) is 76.9. The van der Waals surface area contributed by atoms with Gasteiger partial charge in [0.1, 0.15) is 72.5 Å². The molecule has 18 amide bonds. The standard InChI is InChI=1S/C83H132N34O19/c1-42(2)29-57(75(132)108-45(6)68(125)111-54(22-14-26-96-81(88)89)72(129)104-36-62(120)100-37-63(121)109-53(21-13-25-95-80(86)87)71(128)101-35-61(85)119)114-74(131)56(24-16-28-98-83(92)93)112-77(134)59(32-49-34-94-41-105-49)115-79(136)66(43(3)4)117-65(123)39-102-67(124)44(5)106-78(135)60(40-118)116-76(133)58(30-47-17-9-8-10-18-47)113-69(126)46(7)107-73(130)55(23-15-27-97-82(90)91)110-64(122)38-103-70(127)51(84)31-48-33-99-52-20-12-11-19-50(48)52/h8-12,17-20,33-34,41-46,51,53-60,66,99,118H,13-16,21-32,35-40,84H2,1-7H3,(H2,85,119)(H,94,105)(H,100,120)(H,101,128)(H,102,124)(H,103,127)(H,104,129)(H,106,135)(H,107,130)(H,108,132)(H,109,121)(H,110,122)(H,111,125)(H,112,134)(H,113,126)(H,114,131)(H,115,136)(H,116,133)(H,117,123)(H4,86,87,95)(H4,88,89,96)(H4,90,91,97)(H4,92,93,98)/t44-,45-,46-,51-,53-,54-,55-,56-,57-,58-,59-,60-,66-/m0/s1. The van der Waals surface area contributed by atoms with Crippen LogP contribution in [0.3, 0.4) is 0 Å². The second-order valence-electron chi connectivity index (χ2n) is 32.6. The summed E-state index contributed by atoms with van der Waals surface area (Å²) in [5.74, 6) is -18.9. The fraction of sp³-hybridized carbons (Fsp3) is 0.530. The van der Waals surface area contributed by atoms with Crippen molar-refractivity contribution in [3.63, 3.8) is 0 Å². The van der Waals surface area contributed by atoms with Gasteiger partial charge in [-0.15, -0.1) is 0 Å². The number of benzene rings is 2. The summed E-state index contributed by atoms with van der Waals surface area (Å²) in [5.41, 5.74) is 35.5. The van der Waals surface area contributed by atoms with Crippen LogP contribution < -0.4 is 146 Å². The number of para-hydroxylation sites is 1. The molecule has 4 aromatic rings. The van der Waals surface area contributed by atoms with Gasteiger partial charge in [-0.1, -0.05) is 76.2 Å². The average molecular weight is 1910 g/mol. The van der Waals surface area contributed by atoms with E-state index < -0.39 is 242 Å². The molecule has 136 heavy (non-hydrogen) atoms. The highest BCUT2D eigenvalue weighted by atomic mass is 16.3. The number of primary amides is 1. The largest absolute Gasteiger partial charge is 0.394 e. The Morgan fingerprint density at radius 1 is 0.368 bits per heavy atom. The number of aliphatic hydroxyl groups excluding tert-OH is 1. The molecule has 0 fully saturated rings. The van der Waals surface area contributed by atoms with E-state index in [1.165, 1.54) is 33.3 Å². The molecule has 2 heterocycles. The summed E-state index contributed by atoms with van der Waals surface area (Å²) < 4.78 is 0. The van der Waals surface area contributed by atoms with Crippen molar-refractivity contribution in [2.75, 3.05) is 65.5 Å². The number of hydrogen-bond donors (Lipinski definition) is 34. The molecule has 53 heteroatoms. The molecule has 2 aromatic carbocycles. The number of carbonyl (C=O) groups excluding carboxylic acids is 18. The Morgan fingerprint density at radius 2 is 0.750 bits per heavy atom. The van der Waals surface area contributed by atoms with E-state index >= 15 is 0 Å². The first kappa shape index (κ1) is 113. The first-order valence-electron chi connectivity index (χ1n) is 43.9. The van der Waals surface area contributed by atoms with Crippen molar-refractivity contribution in [1.82, 2.24) is 127 Å². The molecule has 0 saturated heterocycles. The van der Waals surface area contributed by atoms with Crippen molar-refractivity contribution < 1.29 is 91.4 Å². The zero-order chi connectivity index (χ0) is 101. The van der Waals surface area contributed by atoms with Gasteiger partial charge in [0.05, 0.1) is 51.7 Å². The number of guanidine groups is 4. The van der Waals surface area contributed by atoms with Gasteiger partial charge in [0.25, 0.3) is 0 Å². The Labute approximate surface area is 783 Å². The van der Waals surface area contributed by atoms with Crippen LogP contribution in [0.25, 0.3) is 10.9 Å². The average Bonchev–Trinajstić information content (AvgIpc) is 1.69. The van der Waals surface area contributed by atoms with Crippen LogP contribution in [0, 0.1) is 33.5 Å². The van der Waals surface area contributed by atoms with Gasteiger partial charge in [0.15, 0.2) is 23.8 Å². The third-order valence-electron chi connectivity index (χ3n) is 20.3.